The molecule has 0 bridgehead atoms. The van der Waals surface area contributed by atoms with E-state index in [0.29, 0.717) is 6.54 Å². The molecular formula is C20H25N5O. The van der Waals surface area contributed by atoms with Crippen LogP contribution in [0.3, 0.4) is 0 Å². The van der Waals surface area contributed by atoms with E-state index in [4.69, 9.17) is 5.73 Å². The fourth-order valence-corrected chi connectivity index (χ4v) is 3.89. The maximum Gasteiger partial charge on any atom is 0.253 e. The lowest BCUT2D eigenvalue weighted by atomic mass is 9.90. The van der Waals surface area contributed by atoms with E-state index in [2.05, 4.69) is 27.0 Å². The Morgan fingerprint density at radius 1 is 1.12 bits per heavy atom. The third kappa shape index (κ3) is 3.51. The maximum atomic E-state index is 12.4. The minimum atomic E-state index is -0.0243. The molecule has 2 atom stereocenters. The lowest BCUT2D eigenvalue weighted by Crippen LogP contribution is -2.42. The first-order chi connectivity index (χ1) is 12.7. The highest BCUT2D eigenvalue weighted by Gasteiger charge is 2.25. The van der Waals surface area contributed by atoms with E-state index in [-0.39, 0.29) is 18.0 Å². The van der Waals surface area contributed by atoms with Crippen LogP contribution in [0.4, 0.5) is 17.1 Å². The third-order valence-corrected chi connectivity index (χ3v) is 5.26. The van der Waals surface area contributed by atoms with Gasteiger partial charge in [0.25, 0.3) is 5.91 Å². The van der Waals surface area contributed by atoms with Gasteiger partial charge in [0.05, 0.1) is 11.3 Å². The predicted octanol–water partition coefficient (Wildman–Crippen LogP) is 2.79. The van der Waals surface area contributed by atoms with Crippen LogP contribution in [-0.4, -0.2) is 29.5 Å². The van der Waals surface area contributed by atoms with Crippen molar-refractivity contribution >= 4 is 23.0 Å². The van der Waals surface area contributed by atoms with Crippen LogP contribution in [0.15, 0.2) is 36.7 Å². The number of carbonyl (C=O) groups is 1. The molecule has 1 aromatic carbocycles. The molecule has 2 heterocycles. The predicted molar refractivity (Wildman–Crippen MR) is 104 cm³/mol. The Kier molecular flexibility index (Phi) is 4.75. The molecule has 5 N–H and O–H groups in total. The molecule has 1 fully saturated rings. The summed E-state index contributed by atoms with van der Waals surface area (Å²) in [4.78, 5) is 16.5. The zero-order chi connectivity index (χ0) is 17.9. The Balaban J connectivity index is 1.67. The summed E-state index contributed by atoms with van der Waals surface area (Å²) in [6.07, 6.45) is 8.87. The van der Waals surface area contributed by atoms with Crippen LogP contribution in [0.25, 0.3) is 0 Å². The van der Waals surface area contributed by atoms with Crippen LogP contribution in [0.5, 0.6) is 0 Å². The Hall–Kier alpha value is -2.60. The molecule has 1 aromatic heterocycles. The topological polar surface area (TPSA) is 92.1 Å². The second-order valence-corrected chi connectivity index (χ2v) is 7.12. The van der Waals surface area contributed by atoms with E-state index in [1.807, 2.05) is 18.2 Å². The molecule has 1 aliphatic heterocycles. The molecule has 6 heteroatoms. The maximum absolute atomic E-state index is 12.4. The van der Waals surface area contributed by atoms with Gasteiger partial charge in [-0.2, -0.15) is 0 Å². The first-order valence-corrected chi connectivity index (χ1v) is 9.35. The second-order valence-electron chi connectivity index (χ2n) is 7.12. The fraction of sp³-hybridized carbons (Fsp3) is 0.400. The standard InChI is InChI=1S/C20H25N5O/c21-16-3-1-2-4-17(16)25-15-11-13-5-10-23-20(26)19(13)18(12-15)24-14-6-8-22-9-7-14/h6-9,11-12,16-17,25H,1-5,10,21H2,(H,22,24)(H,23,26). The van der Waals surface area contributed by atoms with Crippen molar-refractivity contribution in [1.29, 1.82) is 0 Å². The Labute approximate surface area is 153 Å². The number of rotatable bonds is 4. The van der Waals surface area contributed by atoms with E-state index < -0.39 is 0 Å². The minimum Gasteiger partial charge on any atom is -0.381 e. The van der Waals surface area contributed by atoms with E-state index >= 15 is 0 Å². The summed E-state index contributed by atoms with van der Waals surface area (Å²) in [6.45, 7) is 0.674. The summed E-state index contributed by atoms with van der Waals surface area (Å²) < 4.78 is 0. The number of benzene rings is 1. The number of anilines is 3. The second kappa shape index (κ2) is 7.33. The summed E-state index contributed by atoms with van der Waals surface area (Å²) in [7, 11) is 0. The van der Waals surface area contributed by atoms with Crippen molar-refractivity contribution in [3.63, 3.8) is 0 Å². The van der Waals surface area contributed by atoms with Gasteiger partial charge in [-0.25, -0.2) is 0 Å². The van der Waals surface area contributed by atoms with E-state index in [1.54, 1.807) is 12.4 Å². The summed E-state index contributed by atoms with van der Waals surface area (Å²) >= 11 is 0. The molecule has 2 aliphatic rings. The van der Waals surface area contributed by atoms with Crippen molar-refractivity contribution in [1.82, 2.24) is 10.3 Å². The van der Waals surface area contributed by atoms with Gasteiger partial charge in [-0.05, 0) is 49.1 Å². The molecule has 0 spiro atoms. The highest BCUT2D eigenvalue weighted by Crippen LogP contribution is 2.31. The normalized spacial score (nSPS) is 22.3. The van der Waals surface area contributed by atoms with E-state index in [9.17, 15) is 4.79 Å². The molecule has 2 aromatic rings. The van der Waals surface area contributed by atoms with Gasteiger partial charge < -0.3 is 21.7 Å². The van der Waals surface area contributed by atoms with Crippen molar-refractivity contribution in [2.24, 2.45) is 5.73 Å². The Morgan fingerprint density at radius 2 is 1.92 bits per heavy atom. The molecule has 4 rings (SSSR count). The molecular weight excluding hydrogens is 326 g/mol. The van der Waals surface area contributed by atoms with Crippen LogP contribution in [0, 0.1) is 0 Å². The number of pyridine rings is 1. The van der Waals surface area contributed by atoms with Gasteiger partial charge in [0.2, 0.25) is 0 Å². The zero-order valence-corrected chi connectivity index (χ0v) is 14.8. The minimum absolute atomic E-state index is 0.0243. The van der Waals surface area contributed by atoms with Gasteiger partial charge in [-0.1, -0.05) is 12.8 Å². The van der Waals surface area contributed by atoms with Crippen molar-refractivity contribution < 1.29 is 4.79 Å². The smallest absolute Gasteiger partial charge is 0.253 e. The lowest BCUT2D eigenvalue weighted by molar-refractivity contribution is 0.0947. The van der Waals surface area contributed by atoms with Crippen LogP contribution < -0.4 is 21.7 Å². The van der Waals surface area contributed by atoms with Gasteiger partial charge in [0, 0.05) is 42.4 Å². The summed E-state index contributed by atoms with van der Waals surface area (Å²) in [5.74, 6) is -0.0243. The quantitative estimate of drug-likeness (QED) is 0.680. The van der Waals surface area contributed by atoms with Crippen LogP contribution in [-0.2, 0) is 6.42 Å². The molecule has 0 radical (unpaired) electrons. The van der Waals surface area contributed by atoms with Gasteiger partial charge in [-0.3, -0.25) is 9.78 Å². The number of hydrogen-bond donors (Lipinski definition) is 4. The summed E-state index contributed by atoms with van der Waals surface area (Å²) in [5.41, 5.74) is 10.8. The lowest BCUT2D eigenvalue weighted by Gasteiger charge is -2.31. The van der Waals surface area contributed by atoms with Crippen LogP contribution >= 0.6 is 0 Å². The molecule has 6 nitrogen and oxygen atoms in total. The fourth-order valence-electron chi connectivity index (χ4n) is 3.89. The van der Waals surface area contributed by atoms with E-state index in [0.717, 1.165) is 47.5 Å². The molecule has 1 saturated carbocycles. The highest BCUT2D eigenvalue weighted by molar-refractivity contribution is 6.03. The average Bonchev–Trinajstić information content (AvgIpc) is 2.64. The van der Waals surface area contributed by atoms with E-state index in [1.165, 1.54) is 12.8 Å². The summed E-state index contributed by atoms with van der Waals surface area (Å²) in [6, 6.07) is 8.38. The summed E-state index contributed by atoms with van der Waals surface area (Å²) in [5, 5.41) is 9.93. The van der Waals surface area contributed by atoms with Gasteiger partial charge >= 0.3 is 0 Å². The number of amides is 1. The third-order valence-electron chi connectivity index (χ3n) is 5.26. The number of nitrogens with two attached hydrogens (primary N) is 1. The number of nitrogens with zero attached hydrogens (tertiary/aromatic N) is 1. The first-order valence-electron chi connectivity index (χ1n) is 9.35. The molecule has 2 unspecified atom stereocenters. The SMILES string of the molecule is NC1CCCCC1Nc1cc2c(c(Nc3ccncc3)c1)C(=O)NCC2. The van der Waals surface area contributed by atoms with Crippen molar-refractivity contribution in [3.8, 4) is 0 Å². The zero-order valence-electron chi connectivity index (χ0n) is 14.8. The van der Waals surface area contributed by atoms with Crippen molar-refractivity contribution in [3.05, 3.63) is 47.8 Å². The Morgan fingerprint density at radius 3 is 2.73 bits per heavy atom. The molecule has 1 amide bonds. The number of nitrogens with one attached hydrogen (secondary N) is 3. The number of hydrogen-bond acceptors (Lipinski definition) is 5. The van der Waals surface area contributed by atoms with Gasteiger partial charge in [-0.15, -0.1) is 0 Å². The monoisotopic (exact) mass is 351 g/mol. The average molecular weight is 351 g/mol. The molecule has 0 saturated heterocycles. The van der Waals surface area contributed by atoms with Crippen molar-refractivity contribution in [2.75, 3.05) is 17.2 Å². The first kappa shape index (κ1) is 16.8. The van der Waals surface area contributed by atoms with Gasteiger partial charge in [0.15, 0.2) is 0 Å². The Bertz CT molecular complexity index is 792. The van der Waals surface area contributed by atoms with Crippen molar-refractivity contribution in [2.45, 2.75) is 44.2 Å². The van der Waals surface area contributed by atoms with Gasteiger partial charge in [0.1, 0.15) is 0 Å². The largest absolute Gasteiger partial charge is 0.381 e. The number of fused-ring (bicyclic) bond motifs is 1. The number of aromatic nitrogens is 1. The number of carbonyl (C=O) groups excluding carboxylic acids is 1. The molecule has 1 aliphatic carbocycles. The molecule has 26 heavy (non-hydrogen) atoms. The highest BCUT2D eigenvalue weighted by atomic mass is 16.1. The van der Waals surface area contributed by atoms with Crippen LogP contribution in [0.2, 0.25) is 0 Å². The molecule has 136 valence electrons. The van der Waals surface area contributed by atoms with Crippen LogP contribution in [0.1, 0.15) is 41.6 Å².